The van der Waals surface area contributed by atoms with Gasteiger partial charge in [-0.05, 0) is 30.7 Å². The first kappa shape index (κ1) is 22.5. The summed E-state index contributed by atoms with van der Waals surface area (Å²) in [7, 11) is 1.38. The fourth-order valence-corrected chi connectivity index (χ4v) is 3.21. The van der Waals surface area contributed by atoms with Gasteiger partial charge in [-0.25, -0.2) is 9.99 Å². The summed E-state index contributed by atoms with van der Waals surface area (Å²) >= 11 is 6.02. The number of aryl methyl sites for hydroxylation is 1. The Hall–Kier alpha value is -3.18. The average Bonchev–Trinajstić information content (AvgIpc) is 3.08. The number of para-hydroxylation sites is 1. The lowest BCUT2D eigenvalue weighted by Crippen LogP contribution is -2.53. The van der Waals surface area contributed by atoms with Crippen LogP contribution in [0.1, 0.15) is 22.3 Å². The molecule has 0 bridgehead atoms. The lowest BCUT2D eigenvalue weighted by Gasteiger charge is -2.31. The number of carbonyl (C=O) groups excluding carboxylic acids is 2. The number of aromatic nitrogens is 1. The number of nitrogens with one attached hydrogen (secondary N) is 2. The molecule has 2 amide bonds. The lowest BCUT2D eigenvalue weighted by molar-refractivity contribution is -0.133. The number of benzene rings is 1. The van der Waals surface area contributed by atoms with Crippen molar-refractivity contribution in [1.29, 1.82) is 0 Å². The first-order valence-electron chi connectivity index (χ1n) is 8.90. The number of rotatable bonds is 4. The average molecular weight is 456 g/mol. The highest BCUT2D eigenvalue weighted by Gasteiger charge is 2.55. The maximum atomic E-state index is 13.4. The highest BCUT2D eigenvalue weighted by atomic mass is 35.5. The van der Waals surface area contributed by atoms with Crippen molar-refractivity contribution < 1.29 is 27.9 Å². The molecule has 1 aliphatic heterocycles. The zero-order valence-electron chi connectivity index (χ0n) is 16.3. The Kier molecular flexibility index (Phi) is 5.92. The van der Waals surface area contributed by atoms with E-state index in [0.29, 0.717) is 10.6 Å². The Morgan fingerprint density at radius 3 is 2.58 bits per heavy atom. The van der Waals surface area contributed by atoms with E-state index in [0.717, 1.165) is 0 Å². The van der Waals surface area contributed by atoms with E-state index in [4.69, 9.17) is 11.6 Å². The van der Waals surface area contributed by atoms with Gasteiger partial charge in [0.1, 0.15) is 5.71 Å². The standard InChI is InChI=1S/C19H17ClF3N5O3/c1-10-5-3-6-11(16(29)24-2)14(10)26-17(30)18(31)9-13(19(21,22)23)27-28(18)15-12(20)7-4-8-25-15/h3-8,31H,9H2,1-2H3,(H,24,29)(H,26,30). The molecule has 0 radical (unpaired) electrons. The maximum Gasteiger partial charge on any atom is 0.431 e. The molecule has 2 aromatic rings. The largest absolute Gasteiger partial charge is 0.431 e. The van der Waals surface area contributed by atoms with Crippen molar-refractivity contribution in [3.8, 4) is 0 Å². The highest BCUT2D eigenvalue weighted by molar-refractivity contribution is 6.33. The molecule has 31 heavy (non-hydrogen) atoms. The number of aliphatic hydroxyl groups is 1. The second-order valence-electron chi connectivity index (χ2n) is 6.69. The third-order valence-corrected chi connectivity index (χ3v) is 4.89. The Morgan fingerprint density at radius 2 is 1.97 bits per heavy atom. The van der Waals surface area contributed by atoms with Crippen molar-refractivity contribution in [2.75, 3.05) is 17.4 Å². The van der Waals surface area contributed by atoms with Crippen LogP contribution in [0.4, 0.5) is 24.7 Å². The highest BCUT2D eigenvalue weighted by Crippen LogP contribution is 2.39. The Bertz CT molecular complexity index is 1080. The van der Waals surface area contributed by atoms with Gasteiger partial charge in [-0.2, -0.15) is 18.3 Å². The minimum absolute atomic E-state index is 0.0350. The monoisotopic (exact) mass is 455 g/mol. The van der Waals surface area contributed by atoms with E-state index in [1.54, 1.807) is 19.1 Å². The third-order valence-electron chi connectivity index (χ3n) is 4.60. The second-order valence-corrected chi connectivity index (χ2v) is 7.10. The molecule has 8 nitrogen and oxygen atoms in total. The Labute approximate surface area is 179 Å². The molecule has 1 aromatic heterocycles. The van der Waals surface area contributed by atoms with Crippen LogP contribution in [-0.4, -0.2) is 46.6 Å². The number of pyridine rings is 1. The van der Waals surface area contributed by atoms with Crippen LogP contribution in [0.2, 0.25) is 5.02 Å². The number of hydrogen-bond acceptors (Lipinski definition) is 6. The number of alkyl halides is 3. The van der Waals surface area contributed by atoms with Gasteiger partial charge in [0.2, 0.25) is 5.72 Å². The van der Waals surface area contributed by atoms with E-state index in [-0.39, 0.29) is 22.1 Å². The molecule has 0 aliphatic carbocycles. The van der Waals surface area contributed by atoms with Crippen LogP contribution >= 0.6 is 11.6 Å². The van der Waals surface area contributed by atoms with Gasteiger partial charge in [0.25, 0.3) is 11.8 Å². The smallest absolute Gasteiger partial charge is 0.361 e. The van der Waals surface area contributed by atoms with Crippen molar-refractivity contribution in [2.45, 2.75) is 25.2 Å². The van der Waals surface area contributed by atoms with Crippen molar-refractivity contribution in [2.24, 2.45) is 5.10 Å². The van der Waals surface area contributed by atoms with Crippen LogP contribution < -0.4 is 15.6 Å². The minimum atomic E-state index is -4.90. The first-order valence-corrected chi connectivity index (χ1v) is 9.27. The number of nitrogens with zero attached hydrogens (tertiary/aromatic N) is 3. The molecule has 0 spiro atoms. The quantitative estimate of drug-likeness (QED) is 0.657. The molecule has 12 heteroatoms. The van der Waals surface area contributed by atoms with E-state index in [1.807, 2.05) is 0 Å². The number of anilines is 2. The van der Waals surface area contributed by atoms with Crippen LogP contribution in [0.15, 0.2) is 41.6 Å². The zero-order valence-corrected chi connectivity index (χ0v) is 17.0. The Morgan fingerprint density at radius 1 is 1.26 bits per heavy atom. The van der Waals surface area contributed by atoms with E-state index in [2.05, 4.69) is 20.7 Å². The zero-order chi connectivity index (χ0) is 23.0. The number of carbonyl (C=O) groups is 2. The van der Waals surface area contributed by atoms with E-state index < -0.39 is 35.8 Å². The van der Waals surface area contributed by atoms with Gasteiger partial charge in [0, 0.05) is 13.2 Å². The normalized spacial score (nSPS) is 18.5. The van der Waals surface area contributed by atoms with Crippen LogP contribution in [0, 0.1) is 6.92 Å². The van der Waals surface area contributed by atoms with E-state index in [9.17, 15) is 27.9 Å². The molecule has 3 N–H and O–H groups in total. The summed E-state index contributed by atoms with van der Waals surface area (Å²) in [5.74, 6) is -2.11. The van der Waals surface area contributed by atoms with Crippen LogP contribution in [-0.2, 0) is 4.79 Å². The van der Waals surface area contributed by atoms with Crippen LogP contribution in [0.3, 0.4) is 0 Å². The van der Waals surface area contributed by atoms with Crippen LogP contribution in [0.25, 0.3) is 0 Å². The van der Waals surface area contributed by atoms with Gasteiger partial charge in [-0.1, -0.05) is 23.7 Å². The first-order chi connectivity index (χ1) is 14.5. The molecular formula is C19H17ClF3N5O3. The van der Waals surface area contributed by atoms with E-state index >= 15 is 0 Å². The molecule has 1 atom stereocenters. The fourth-order valence-electron chi connectivity index (χ4n) is 3.01. The molecule has 2 heterocycles. The summed E-state index contributed by atoms with van der Waals surface area (Å²) in [6, 6.07) is 7.34. The Balaban J connectivity index is 2.05. The summed E-state index contributed by atoms with van der Waals surface area (Å²) in [6.45, 7) is 1.59. The molecule has 3 rings (SSSR count). The van der Waals surface area contributed by atoms with Crippen molar-refractivity contribution >= 4 is 40.6 Å². The molecule has 1 aromatic carbocycles. The molecular weight excluding hydrogens is 439 g/mol. The molecule has 0 fully saturated rings. The minimum Gasteiger partial charge on any atom is -0.361 e. The van der Waals surface area contributed by atoms with Gasteiger partial charge in [0.05, 0.1) is 22.7 Å². The SMILES string of the molecule is CNC(=O)c1cccc(C)c1NC(=O)C1(O)CC(C(F)(F)F)=NN1c1ncccc1Cl. The summed E-state index contributed by atoms with van der Waals surface area (Å²) in [5, 5.41) is 19.5. The summed E-state index contributed by atoms with van der Waals surface area (Å²) in [6.07, 6.45) is -4.84. The van der Waals surface area contributed by atoms with Gasteiger partial charge in [-0.15, -0.1) is 0 Å². The second kappa shape index (κ2) is 8.16. The van der Waals surface area contributed by atoms with Crippen molar-refractivity contribution in [3.63, 3.8) is 0 Å². The number of hydrazone groups is 1. The predicted molar refractivity (Wildman–Crippen MR) is 108 cm³/mol. The number of hydrogen-bond donors (Lipinski definition) is 3. The van der Waals surface area contributed by atoms with Crippen molar-refractivity contribution in [1.82, 2.24) is 10.3 Å². The maximum absolute atomic E-state index is 13.4. The van der Waals surface area contributed by atoms with Gasteiger partial charge >= 0.3 is 6.18 Å². The third kappa shape index (κ3) is 4.19. The van der Waals surface area contributed by atoms with Gasteiger partial charge in [0.15, 0.2) is 5.82 Å². The molecule has 164 valence electrons. The molecule has 0 saturated carbocycles. The predicted octanol–water partition coefficient (Wildman–Crippen LogP) is 2.86. The topological polar surface area (TPSA) is 107 Å². The number of amides is 2. The van der Waals surface area contributed by atoms with Gasteiger partial charge in [-0.3, -0.25) is 9.59 Å². The van der Waals surface area contributed by atoms with E-state index in [1.165, 1.54) is 31.4 Å². The summed E-state index contributed by atoms with van der Waals surface area (Å²) < 4.78 is 40.1. The summed E-state index contributed by atoms with van der Waals surface area (Å²) in [5.41, 5.74) is -3.63. The summed E-state index contributed by atoms with van der Waals surface area (Å²) in [4.78, 5) is 29.1. The van der Waals surface area contributed by atoms with Crippen LogP contribution in [0.5, 0.6) is 0 Å². The van der Waals surface area contributed by atoms with Crippen molar-refractivity contribution in [3.05, 3.63) is 52.7 Å². The fraction of sp³-hybridized carbons (Fsp3) is 0.263. The lowest BCUT2D eigenvalue weighted by atomic mass is 10.0. The molecule has 1 aliphatic rings. The number of halogens is 4. The molecule has 0 saturated heterocycles. The molecule has 1 unspecified atom stereocenters. The van der Waals surface area contributed by atoms with Gasteiger partial charge < -0.3 is 15.7 Å².